The van der Waals surface area contributed by atoms with Gasteiger partial charge in [-0.15, -0.1) is 0 Å². The quantitative estimate of drug-likeness (QED) is 0.228. The van der Waals surface area contributed by atoms with Gasteiger partial charge in [0.2, 0.25) is 0 Å². The highest BCUT2D eigenvalue weighted by atomic mass is 15.2. The summed E-state index contributed by atoms with van der Waals surface area (Å²) in [6.45, 7) is 4.79. The third-order valence-corrected chi connectivity index (χ3v) is 8.27. The maximum absolute atomic E-state index is 4.71. The van der Waals surface area contributed by atoms with E-state index in [9.17, 15) is 0 Å². The van der Waals surface area contributed by atoms with Gasteiger partial charge in [0.05, 0.1) is 34.5 Å². The van der Waals surface area contributed by atoms with Gasteiger partial charge in [0.25, 0.3) is 0 Å². The highest BCUT2D eigenvalue weighted by molar-refractivity contribution is 6.11. The molecule has 0 aliphatic carbocycles. The van der Waals surface area contributed by atoms with Crippen molar-refractivity contribution in [2.75, 3.05) is 0 Å². The van der Waals surface area contributed by atoms with Crippen LogP contribution in [0.5, 0.6) is 0 Å². The largest absolute Gasteiger partial charge is 0.320 e. The molecule has 0 saturated heterocycles. The summed E-state index contributed by atoms with van der Waals surface area (Å²) in [6.07, 6.45) is 4.05. The second-order valence-electron chi connectivity index (χ2n) is 10.9. The van der Waals surface area contributed by atoms with E-state index in [2.05, 4.69) is 132 Å². The summed E-state index contributed by atoms with van der Waals surface area (Å²) in [4.78, 5) is 9.42. The summed E-state index contributed by atoms with van der Waals surface area (Å²) in [5, 5.41) is 4.94. The molecule has 0 spiro atoms. The van der Waals surface area contributed by atoms with E-state index in [-0.39, 0.29) is 0 Å². The Bertz CT molecular complexity index is 2080. The highest BCUT2D eigenvalue weighted by Gasteiger charge is 2.17. The SMILES string of the molecule is Cc1cc2c3cc(-c4ccccc4)ccc3n(Cn3c4ccc(-c5ccccc5)cc4c4cc(C)ncc43)c2cn1. The lowest BCUT2D eigenvalue weighted by Crippen LogP contribution is -2.08. The number of fused-ring (bicyclic) bond motifs is 6. The van der Waals surface area contributed by atoms with Crippen molar-refractivity contribution in [3.05, 3.63) is 133 Å². The van der Waals surface area contributed by atoms with Crippen molar-refractivity contribution >= 4 is 43.6 Å². The summed E-state index contributed by atoms with van der Waals surface area (Å²) >= 11 is 0. The molecule has 4 heteroatoms. The van der Waals surface area contributed by atoms with Crippen LogP contribution in [-0.4, -0.2) is 19.1 Å². The molecular weight excluding hydrogens is 500 g/mol. The number of aromatic nitrogens is 4. The molecule has 196 valence electrons. The van der Waals surface area contributed by atoms with Gasteiger partial charge in [0, 0.05) is 32.9 Å². The third-order valence-electron chi connectivity index (χ3n) is 8.27. The molecule has 4 heterocycles. The van der Waals surface area contributed by atoms with E-state index in [0.717, 1.165) is 22.4 Å². The van der Waals surface area contributed by atoms with Crippen molar-refractivity contribution in [1.29, 1.82) is 0 Å². The van der Waals surface area contributed by atoms with Gasteiger partial charge in [-0.1, -0.05) is 72.8 Å². The van der Waals surface area contributed by atoms with Gasteiger partial charge >= 0.3 is 0 Å². The smallest absolute Gasteiger partial charge is 0.100 e. The first kappa shape index (κ1) is 23.6. The van der Waals surface area contributed by atoms with Crippen LogP contribution in [0.2, 0.25) is 0 Å². The van der Waals surface area contributed by atoms with E-state index in [1.54, 1.807) is 0 Å². The minimum Gasteiger partial charge on any atom is -0.320 e. The topological polar surface area (TPSA) is 35.6 Å². The monoisotopic (exact) mass is 528 g/mol. The molecule has 4 nitrogen and oxygen atoms in total. The molecule has 8 aromatic rings. The Hall–Kier alpha value is -5.22. The van der Waals surface area contributed by atoms with E-state index in [1.165, 1.54) is 54.8 Å². The van der Waals surface area contributed by atoms with Gasteiger partial charge < -0.3 is 9.13 Å². The predicted octanol–water partition coefficient (Wildman–Crippen LogP) is 9.15. The van der Waals surface area contributed by atoms with E-state index in [0.29, 0.717) is 6.67 Å². The van der Waals surface area contributed by atoms with Crippen molar-refractivity contribution in [2.24, 2.45) is 0 Å². The first-order valence-electron chi connectivity index (χ1n) is 14.0. The van der Waals surface area contributed by atoms with Crippen LogP contribution in [0.1, 0.15) is 11.4 Å². The first-order valence-corrected chi connectivity index (χ1v) is 14.0. The van der Waals surface area contributed by atoms with Gasteiger partial charge in [-0.3, -0.25) is 9.97 Å². The number of aryl methyl sites for hydroxylation is 2. The first-order chi connectivity index (χ1) is 20.1. The zero-order valence-electron chi connectivity index (χ0n) is 23.0. The highest BCUT2D eigenvalue weighted by Crippen LogP contribution is 2.36. The molecule has 0 amide bonds. The fourth-order valence-corrected chi connectivity index (χ4v) is 6.27. The van der Waals surface area contributed by atoms with Crippen molar-refractivity contribution in [3.8, 4) is 22.3 Å². The summed E-state index contributed by atoms with van der Waals surface area (Å²) in [5.74, 6) is 0. The lowest BCUT2D eigenvalue weighted by atomic mass is 10.0. The average molecular weight is 529 g/mol. The van der Waals surface area contributed by atoms with E-state index in [4.69, 9.17) is 9.97 Å². The number of benzene rings is 4. The van der Waals surface area contributed by atoms with Crippen LogP contribution in [0, 0.1) is 13.8 Å². The summed E-state index contributed by atoms with van der Waals surface area (Å²) in [6, 6.07) is 39.3. The second kappa shape index (κ2) is 9.17. The molecule has 0 aliphatic heterocycles. The van der Waals surface area contributed by atoms with E-state index < -0.39 is 0 Å². The minimum atomic E-state index is 0.658. The minimum absolute atomic E-state index is 0.658. The van der Waals surface area contributed by atoms with Crippen LogP contribution < -0.4 is 0 Å². The number of pyridine rings is 2. The summed E-state index contributed by atoms with van der Waals surface area (Å²) < 4.78 is 4.80. The van der Waals surface area contributed by atoms with Crippen molar-refractivity contribution in [3.63, 3.8) is 0 Å². The zero-order valence-corrected chi connectivity index (χ0v) is 23.0. The molecule has 0 fully saturated rings. The Morgan fingerprint density at radius 3 is 1.29 bits per heavy atom. The average Bonchev–Trinajstić information content (AvgIpc) is 3.49. The molecule has 0 saturated carbocycles. The van der Waals surface area contributed by atoms with E-state index in [1.807, 2.05) is 12.4 Å². The fourth-order valence-electron chi connectivity index (χ4n) is 6.27. The Morgan fingerprint density at radius 1 is 0.439 bits per heavy atom. The molecular formula is C37H28N4. The van der Waals surface area contributed by atoms with Gasteiger partial charge in [0.15, 0.2) is 0 Å². The molecule has 0 N–H and O–H groups in total. The third kappa shape index (κ3) is 3.83. The van der Waals surface area contributed by atoms with Crippen LogP contribution in [0.3, 0.4) is 0 Å². The zero-order chi connectivity index (χ0) is 27.5. The van der Waals surface area contributed by atoms with Crippen molar-refractivity contribution in [1.82, 2.24) is 19.1 Å². The molecule has 0 unspecified atom stereocenters. The van der Waals surface area contributed by atoms with Gasteiger partial charge in [-0.05, 0) is 72.5 Å². The Morgan fingerprint density at radius 2 is 0.854 bits per heavy atom. The second-order valence-corrected chi connectivity index (χ2v) is 10.9. The van der Waals surface area contributed by atoms with Gasteiger partial charge in [-0.25, -0.2) is 0 Å². The standard InChI is InChI=1S/C37H28N4/c1-24-17-30-32-19-28(26-9-5-3-6-10-26)13-15-34(32)40(36(30)21-38-24)23-41-35-16-14-29(27-11-7-4-8-12-27)20-33(35)31-18-25(2)39-22-37(31)41/h3-22H,23H2,1-2H3. The van der Waals surface area contributed by atoms with Crippen LogP contribution in [-0.2, 0) is 6.67 Å². The van der Waals surface area contributed by atoms with Crippen LogP contribution in [0.25, 0.3) is 65.9 Å². The number of hydrogen-bond donors (Lipinski definition) is 0. The molecule has 0 bridgehead atoms. The van der Waals surface area contributed by atoms with Gasteiger partial charge in [0.1, 0.15) is 6.67 Å². The fraction of sp³-hybridized carbons (Fsp3) is 0.0811. The molecule has 4 aromatic heterocycles. The van der Waals surface area contributed by atoms with Crippen LogP contribution in [0.15, 0.2) is 122 Å². The Kier molecular flexibility index (Phi) is 5.29. The molecule has 0 radical (unpaired) electrons. The van der Waals surface area contributed by atoms with Crippen molar-refractivity contribution < 1.29 is 0 Å². The lowest BCUT2D eigenvalue weighted by molar-refractivity contribution is 0.681. The maximum Gasteiger partial charge on any atom is 0.100 e. The predicted molar refractivity (Wildman–Crippen MR) is 170 cm³/mol. The van der Waals surface area contributed by atoms with Crippen LogP contribution in [0.4, 0.5) is 0 Å². The molecule has 8 rings (SSSR count). The maximum atomic E-state index is 4.71. The number of rotatable bonds is 4. The summed E-state index contributed by atoms with van der Waals surface area (Å²) in [5.41, 5.74) is 11.6. The Balaban J connectivity index is 1.36. The number of hydrogen-bond acceptors (Lipinski definition) is 2. The Labute approximate surface area is 238 Å². The van der Waals surface area contributed by atoms with Gasteiger partial charge in [-0.2, -0.15) is 0 Å². The lowest BCUT2D eigenvalue weighted by Gasteiger charge is -2.12. The molecule has 41 heavy (non-hydrogen) atoms. The van der Waals surface area contributed by atoms with E-state index >= 15 is 0 Å². The molecule has 0 aliphatic rings. The van der Waals surface area contributed by atoms with Crippen molar-refractivity contribution in [2.45, 2.75) is 20.5 Å². The molecule has 4 aromatic carbocycles. The van der Waals surface area contributed by atoms with Crippen LogP contribution >= 0.6 is 0 Å². The number of nitrogens with zero attached hydrogens (tertiary/aromatic N) is 4. The normalized spacial score (nSPS) is 11.8. The summed E-state index contributed by atoms with van der Waals surface area (Å²) in [7, 11) is 0. The molecule has 0 atom stereocenters.